The Morgan fingerprint density at radius 3 is 2.26 bits per heavy atom. The van der Waals surface area contributed by atoms with E-state index >= 15 is 0 Å². The van der Waals surface area contributed by atoms with Gasteiger partial charge in [-0.1, -0.05) is 26.2 Å². The van der Waals surface area contributed by atoms with Crippen LogP contribution in [0.5, 0.6) is 0 Å². The first-order valence-corrected chi connectivity index (χ1v) is 11.7. The molecule has 0 radical (unpaired) electrons. The van der Waals surface area contributed by atoms with Crippen LogP contribution in [0.25, 0.3) is 0 Å². The number of rotatable bonds is 4. The lowest BCUT2D eigenvalue weighted by molar-refractivity contribution is -0.140. The molecule has 0 aromatic rings. The molecule has 1 amide bonds. The second-order valence-electron chi connectivity index (χ2n) is 8.38. The molecule has 2 atom stereocenters. The van der Waals surface area contributed by atoms with Gasteiger partial charge in [-0.05, 0) is 25.7 Å². The lowest BCUT2D eigenvalue weighted by Crippen LogP contribution is -2.56. The van der Waals surface area contributed by atoms with Gasteiger partial charge in [0.05, 0.1) is 0 Å². The van der Waals surface area contributed by atoms with Crippen LogP contribution in [0.2, 0.25) is 0 Å². The second kappa shape index (κ2) is 8.57. The molecule has 27 heavy (non-hydrogen) atoms. The fraction of sp³-hybridized carbons (Fsp3) is 0.895. The van der Waals surface area contributed by atoms with E-state index in [-0.39, 0.29) is 29.6 Å². The van der Waals surface area contributed by atoms with Crippen LogP contribution >= 0.6 is 0 Å². The van der Waals surface area contributed by atoms with Crippen molar-refractivity contribution < 1.29 is 18.0 Å². The van der Waals surface area contributed by atoms with Crippen molar-refractivity contribution in [3.8, 4) is 0 Å². The van der Waals surface area contributed by atoms with E-state index in [1.807, 2.05) is 6.92 Å². The highest BCUT2D eigenvalue weighted by Gasteiger charge is 2.37. The van der Waals surface area contributed by atoms with Crippen molar-refractivity contribution >= 4 is 21.9 Å². The van der Waals surface area contributed by atoms with Gasteiger partial charge in [-0.25, -0.2) is 0 Å². The fourth-order valence-electron chi connectivity index (χ4n) is 4.68. The van der Waals surface area contributed by atoms with E-state index in [1.165, 1.54) is 10.7 Å². The Balaban J connectivity index is 1.54. The number of hydrogen-bond donors (Lipinski definition) is 0. The smallest absolute Gasteiger partial charge is 0.282 e. The van der Waals surface area contributed by atoms with Crippen LogP contribution in [0, 0.1) is 11.8 Å². The lowest BCUT2D eigenvalue weighted by atomic mass is 9.81. The quantitative estimate of drug-likeness (QED) is 0.720. The molecule has 3 fully saturated rings. The molecule has 8 heteroatoms. The number of piperazine rings is 1. The molecular weight excluding hydrogens is 366 g/mol. The first-order valence-electron chi connectivity index (χ1n) is 10.4. The van der Waals surface area contributed by atoms with Crippen LogP contribution in [0.15, 0.2) is 0 Å². The highest BCUT2D eigenvalue weighted by molar-refractivity contribution is 7.86. The first-order chi connectivity index (χ1) is 12.8. The van der Waals surface area contributed by atoms with Crippen molar-refractivity contribution in [2.45, 2.75) is 64.3 Å². The molecule has 1 heterocycles. The summed E-state index contributed by atoms with van der Waals surface area (Å²) in [4.78, 5) is 26.3. The maximum absolute atomic E-state index is 13.0. The van der Waals surface area contributed by atoms with Crippen LogP contribution in [-0.2, 0) is 19.8 Å². The zero-order chi connectivity index (χ0) is 19.6. The topological polar surface area (TPSA) is 78.0 Å². The minimum atomic E-state index is -3.47. The zero-order valence-corrected chi connectivity index (χ0v) is 17.4. The third-order valence-electron chi connectivity index (χ3n) is 6.61. The molecule has 3 aliphatic rings. The fourth-order valence-corrected chi connectivity index (χ4v) is 6.25. The van der Waals surface area contributed by atoms with Crippen molar-refractivity contribution in [3.05, 3.63) is 0 Å². The summed E-state index contributed by atoms with van der Waals surface area (Å²) < 4.78 is 29.0. The number of hydrogen-bond acceptors (Lipinski definition) is 4. The van der Waals surface area contributed by atoms with E-state index in [1.54, 1.807) is 16.3 Å². The van der Waals surface area contributed by atoms with Gasteiger partial charge in [0.2, 0.25) is 5.91 Å². The summed E-state index contributed by atoms with van der Waals surface area (Å²) in [6, 6.07) is 0.102. The van der Waals surface area contributed by atoms with Crippen LogP contribution < -0.4 is 0 Å². The van der Waals surface area contributed by atoms with Crippen LogP contribution in [0.3, 0.4) is 0 Å². The summed E-state index contributed by atoms with van der Waals surface area (Å²) in [7, 11) is -1.77. The highest BCUT2D eigenvalue weighted by Crippen LogP contribution is 2.29. The number of carbonyl (C=O) groups excluding carboxylic acids is 2. The number of nitrogens with zero attached hydrogens (tertiary/aromatic N) is 3. The predicted octanol–water partition coefficient (Wildman–Crippen LogP) is 1.65. The number of amides is 1. The third kappa shape index (κ3) is 4.54. The van der Waals surface area contributed by atoms with Gasteiger partial charge in [-0.15, -0.1) is 0 Å². The van der Waals surface area contributed by atoms with Crippen molar-refractivity contribution in [1.82, 2.24) is 13.5 Å². The third-order valence-corrected chi connectivity index (χ3v) is 8.65. The molecule has 1 saturated heterocycles. The first kappa shape index (κ1) is 20.7. The zero-order valence-electron chi connectivity index (χ0n) is 16.6. The van der Waals surface area contributed by atoms with Gasteiger partial charge in [0.25, 0.3) is 10.2 Å². The minimum absolute atomic E-state index is 0.0430. The average molecular weight is 400 g/mol. The van der Waals surface area contributed by atoms with E-state index < -0.39 is 10.2 Å². The summed E-state index contributed by atoms with van der Waals surface area (Å²) in [5, 5.41) is 0. The van der Waals surface area contributed by atoms with Crippen LogP contribution in [-0.4, -0.2) is 72.9 Å². The van der Waals surface area contributed by atoms with Gasteiger partial charge in [0.15, 0.2) is 0 Å². The number of carbonyl (C=O) groups is 2. The van der Waals surface area contributed by atoms with Crippen molar-refractivity contribution in [2.75, 3.05) is 33.2 Å². The van der Waals surface area contributed by atoms with Gasteiger partial charge in [0, 0.05) is 57.5 Å². The normalized spacial score (nSPS) is 29.3. The van der Waals surface area contributed by atoms with Crippen LogP contribution in [0.1, 0.15) is 58.3 Å². The Labute approximate surface area is 163 Å². The monoisotopic (exact) mass is 399 g/mol. The van der Waals surface area contributed by atoms with Crippen LogP contribution in [0.4, 0.5) is 0 Å². The SMILES string of the molecule is C[C@@H]1C[C@H](C(=O)N2CCN(S(=O)(=O)N(C)C3CCCCC3)CC2)CCC1=O. The Hall–Kier alpha value is -0.990. The van der Waals surface area contributed by atoms with Crippen molar-refractivity contribution in [2.24, 2.45) is 11.8 Å². The van der Waals surface area contributed by atoms with Gasteiger partial charge in [-0.2, -0.15) is 17.0 Å². The maximum atomic E-state index is 13.0. The van der Waals surface area contributed by atoms with Gasteiger partial charge >= 0.3 is 0 Å². The molecule has 2 saturated carbocycles. The van der Waals surface area contributed by atoms with E-state index in [0.29, 0.717) is 45.4 Å². The summed E-state index contributed by atoms with van der Waals surface area (Å²) >= 11 is 0. The molecule has 2 aliphatic carbocycles. The van der Waals surface area contributed by atoms with E-state index in [9.17, 15) is 18.0 Å². The number of Topliss-reactive ketones (excluding diaryl/α,β-unsaturated/α-hetero) is 1. The van der Waals surface area contributed by atoms with E-state index in [4.69, 9.17) is 0 Å². The Morgan fingerprint density at radius 1 is 1.04 bits per heavy atom. The summed E-state index contributed by atoms with van der Waals surface area (Å²) in [5.74, 6) is 0.206. The van der Waals surface area contributed by atoms with E-state index in [2.05, 4.69) is 0 Å². The van der Waals surface area contributed by atoms with E-state index in [0.717, 1.165) is 25.7 Å². The summed E-state index contributed by atoms with van der Waals surface area (Å²) in [6.07, 6.45) is 6.99. The van der Waals surface area contributed by atoms with Crippen molar-refractivity contribution in [1.29, 1.82) is 0 Å². The molecule has 0 spiro atoms. The second-order valence-corrected chi connectivity index (χ2v) is 10.4. The Morgan fingerprint density at radius 2 is 1.67 bits per heavy atom. The largest absolute Gasteiger partial charge is 0.340 e. The van der Waals surface area contributed by atoms with Crippen molar-refractivity contribution in [3.63, 3.8) is 0 Å². The Kier molecular flexibility index (Phi) is 6.58. The molecule has 154 valence electrons. The number of ketones is 1. The standard InChI is InChI=1S/C19H33N3O4S/c1-15-14-16(8-9-18(15)23)19(24)21-10-12-22(13-11-21)27(25,26)20(2)17-6-4-3-5-7-17/h15-17H,3-14H2,1-2H3/t15-,16-/m1/s1. The molecule has 0 bridgehead atoms. The lowest BCUT2D eigenvalue weighted by Gasteiger charge is -2.40. The highest BCUT2D eigenvalue weighted by atomic mass is 32.2. The summed E-state index contributed by atoms with van der Waals surface area (Å²) in [5.41, 5.74) is 0. The maximum Gasteiger partial charge on any atom is 0.282 e. The minimum Gasteiger partial charge on any atom is -0.340 e. The molecule has 0 aromatic heterocycles. The molecular formula is C19H33N3O4S. The molecule has 0 unspecified atom stereocenters. The molecule has 1 aliphatic heterocycles. The predicted molar refractivity (Wildman–Crippen MR) is 103 cm³/mol. The molecule has 0 N–H and O–H groups in total. The summed E-state index contributed by atoms with van der Waals surface area (Å²) in [6.45, 7) is 3.48. The average Bonchev–Trinajstić information content (AvgIpc) is 2.69. The molecule has 7 nitrogen and oxygen atoms in total. The Bertz CT molecular complexity index is 652. The van der Waals surface area contributed by atoms with Gasteiger partial charge < -0.3 is 4.90 Å². The van der Waals surface area contributed by atoms with Gasteiger partial charge in [0.1, 0.15) is 5.78 Å². The molecule has 3 rings (SSSR count). The molecule has 0 aromatic carbocycles. The van der Waals surface area contributed by atoms with Gasteiger partial charge in [-0.3, -0.25) is 9.59 Å².